The Morgan fingerprint density at radius 1 is 0.861 bits per heavy atom. The fourth-order valence-corrected chi connectivity index (χ4v) is 5.69. The third kappa shape index (κ3) is 6.51. The molecule has 36 heavy (non-hydrogen) atoms. The number of nitrogens with zero attached hydrogens (tertiary/aromatic N) is 1. The van der Waals surface area contributed by atoms with Gasteiger partial charge in [0.25, 0.3) is 10.0 Å². The van der Waals surface area contributed by atoms with Crippen LogP contribution in [-0.4, -0.2) is 33.4 Å². The van der Waals surface area contributed by atoms with Crippen molar-refractivity contribution in [2.75, 3.05) is 22.8 Å². The largest absolute Gasteiger partial charge is 0.466 e. The van der Waals surface area contributed by atoms with E-state index in [9.17, 15) is 18.0 Å². The number of esters is 1. The molecule has 0 radical (unpaired) electrons. The highest BCUT2D eigenvalue weighted by Crippen LogP contribution is 2.32. The minimum Gasteiger partial charge on any atom is -0.466 e. The van der Waals surface area contributed by atoms with E-state index in [2.05, 4.69) is 5.32 Å². The summed E-state index contributed by atoms with van der Waals surface area (Å²) in [5.41, 5.74) is 3.44. The van der Waals surface area contributed by atoms with E-state index in [1.165, 1.54) is 22.0 Å². The van der Waals surface area contributed by atoms with Crippen LogP contribution in [0.5, 0.6) is 0 Å². The van der Waals surface area contributed by atoms with Gasteiger partial charge in [-0.25, -0.2) is 8.42 Å². The van der Waals surface area contributed by atoms with Crippen molar-refractivity contribution in [2.24, 2.45) is 0 Å². The second-order valence-corrected chi connectivity index (χ2v) is 10.6. The van der Waals surface area contributed by atoms with Gasteiger partial charge >= 0.3 is 5.97 Å². The first kappa shape index (κ1) is 25.4. The zero-order valence-corrected chi connectivity index (χ0v) is 20.9. The summed E-state index contributed by atoms with van der Waals surface area (Å²) in [6.07, 6.45) is 3.01. The van der Waals surface area contributed by atoms with Gasteiger partial charge in [0, 0.05) is 25.1 Å². The lowest BCUT2D eigenvalue weighted by atomic mass is 10.1. The normalized spacial score (nSPS) is 12.7. The van der Waals surface area contributed by atoms with Crippen molar-refractivity contribution < 1.29 is 22.7 Å². The number of amides is 1. The highest BCUT2D eigenvalue weighted by atomic mass is 32.2. The Morgan fingerprint density at radius 3 is 2.36 bits per heavy atom. The van der Waals surface area contributed by atoms with E-state index in [4.69, 9.17) is 4.74 Å². The SMILES string of the molecule is O=C(CCCC(=O)OCCCc1ccccc1)Nc1ccc(S(=O)(=O)N2CCc3ccccc32)cc1. The molecular formula is C28H30N2O5S. The van der Waals surface area contributed by atoms with Crippen molar-refractivity contribution in [3.05, 3.63) is 90.0 Å². The minimum atomic E-state index is -3.68. The van der Waals surface area contributed by atoms with Crippen LogP contribution in [0.25, 0.3) is 0 Å². The number of hydrogen-bond acceptors (Lipinski definition) is 5. The molecule has 188 valence electrons. The van der Waals surface area contributed by atoms with E-state index in [1.54, 1.807) is 12.1 Å². The molecule has 1 N–H and O–H groups in total. The van der Waals surface area contributed by atoms with Gasteiger partial charge in [-0.2, -0.15) is 0 Å². The van der Waals surface area contributed by atoms with Crippen LogP contribution in [0.2, 0.25) is 0 Å². The summed E-state index contributed by atoms with van der Waals surface area (Å²) < 4.78 is 32.9. The molecular weight excluding hydrogens is 476 g/mol. The summed E-state index contributed by atoms with van der Waals surface area (Å²) in [4.78, 5) is 24.3. The van der Waals surface area contributed by atoms with Gasteiger partial charge < -0.3 is 10.1 Å². The molecule has 0 bridgehead atoms. The highest BCUT2D eigenvalue weighted by molar-refractivity contribution is 7.92. The summed E-state index contributed by atoms with van der Waals surface area (Å²) in [5.74, 6) is -0.551. The number of ether oxygens (including phenoxy) is 1. The Morgan fingerprint density at radius 2 is 1.58 bits per heavy atom. The molecule has 3 aromatic rings. The Kier molecular flexibility index (Phi) is 8.38. The van der Waals surface area contributed by atoms with E-state index in [1.807, 2.05) is 54.6 Å². The molecule has 0 saturated carbocycles. The first-order valence-corrected chi connectivity index (χ1v) is 13.6. The standard InChI is InChI=1S/C28H30N2O5S/c31-27(13-6-14-28(32)35-21-7-10-22-8-2-1-3-9-22)29-24-15-17-25(18-16-24)36(33,34)30-20-19-23-11-4-5-12-26(23)30/h1-5,8-9,11-12,15-18H,6-7,10,13-14,19-21H2,(H,29,31). The molecule has 0 saturated heterocycles. The number of benzene rings is 3. The fraction of sp³-hybridized carbons (Fsp3) is 0.286. The number of carbonyl (C=O) groups excluding carboxylic acids is 2. The Hall–Kier alpha value is -3.65. The third-order valence-electron chi connectivity index (χ3n) is 6.07. The molecule has 1 heterocycles. The second-order valence-electron chi connectivity index (χ2n) is 8.69. The molecule has 0 atom stereocenters. The molecule has 1 aliphatic heterocycles. The Bertz CT molecular complexity index is 1290. The minimum absolute atomic E-state index is 0.170. The topological polar surface area (TPSA) is 92.8 Å². The molecule has 1 aliphatic rings. The zero-order valence-electron chi connectivity index (χ0n) is 20.1. The van der Waals surface area contributed by atoms with Crippen molar-refractivity contribution in [3.8, 4) is 0 Å². The zero-order chi connectivity index (χ0) is 25.4. The van der Waals surface area contributed by atoms with E-state index in [-0.39, 0.29) is 29.6 Å². The van der Waals surface area contributed by atoms with Crippen molar-refractivity contribution in [1.82, 2.24) is 0 Å². The van der Waals surface area contributed by atoms with Gasteiger partial charge in [-0.1, -0.05) is 48.5 Å². The summed E-state index contributed by atoms with van der Waals surface area (Å²) in [6.45, 7) is 0.772. The number of fused-ring (bicyclic) bond motifs is 1. The maximum Gasteiger partial charge on any atom is 0.305 e. The molecule has 8 heteroatoms. The number of nitrogens with one attached hydrogen (secondary N) is 1. The van der Waals surface area contributed by atoms with Crippen molar-refractivity contribution in [2.45, 2.75) is 43.4 Å². The van der Waals surface area contributed by atoms with Gasteiger partial charge in [-0.3, -0.25) is 13.9 Å². The Labute approximate surface area is 212 Å². The van der Waals surface area contributed by atoms with E-state index in [0.717, 1.165) is 18.4 Å². The van der Waals surface area contributed by atoms with E-state index in [0.29, 0.717) is 37.4 Å². The van der Waals surface area contributed by atoms with Gasteiger partial charge in [0.2, 0.25) is 5.91 Å². The smallest absolute Gasteiger partial charge is 0.305 e. The molecule has 1 amide bonds. The molecule has 0 unspecified atom stereocenters. The van der Waals surface area contributed by atoms with Crippen LogP contribution in [0.1, 0.15) is 36.8 Å². The molecule has 4 rings (SSSR count). The third-order valence-corrected chi connectivity index (χ3v) is 7.90. The molecule has 0 fully saturated rings. The van der Waals surface area contributed by atoms with Crippen molar-refractivity contribution >= 4 is 33.3 Å². The lowest BCUT2D eigenvalue weighted by molar-refractivity contribution is -0.143. The average Bonchev–Trinajstić information content (AvgIpc) is 3.33. The molecule has 3 aromatic carbocycles. The number of carbonyl (C=O) groups is 2. The number of anilines is 2. The number of para-hydroxylation sites is 1. The summed E-state index contributed by atoms with van der Waals surface area (Å²) >= 11 is 0. The lowest BCUT2D eigenvalue weighted by Crippen LogP contribution is -2.29. The van der Waals surface area contributed by atoms with Gasteiger partial charge in [0.05, 0.1) is 17.2 Å². The summed E-state index contributed by atoms with van der Waals surface area (Å²) in [5, 5.41) is 2.75. The van der Waals surface area contributed by atoms with Crippen molar-refractivity contribution in [3.63, 3.8) is 0 Å². The van der Waals surface area contributed by atoms with Gasteiger partial charge in [-0.05, 0) is 67.1 Å². The maximum atomic E-state index is 13.1. The van der Waals surface area contributed by atoms with Crippen LogP contribution in [0.3, 0.4) is 0 Å². The molecule has 0 spiro atoms. The van der Waals surface area contributed by atoms with Crippen molar-refractivity contribution in [1.29, 1.82) is 0 Å². The average molecular weight is 507 g/mol. The Balaban J connectivity index is 1.18. The number of aryl methyl sites for hydroxylation is 1. The number of sulfonamides is 1. The van der Waals surface area contributed by atoms with Crippen LogP contribution < -0.4 is 9.62 Å². The molecule has 0 aromatic heterocycles. The summed E-state index contributed by atoms with van der Waals surface area (Å²) in [7, 11) is -3.68. The predicted octanol–water partition coefficient (Wildman–Crippen LogP) is 4.72. The van der Waals surface area contributed by atoms with Crippen LogP contribution in [0.15, 0.2) is 83.8 Å². The highest BCUT2D eigenvalue weighted by Gasteiger charge is 2.30. The van der Waals surface area contributed by atoms with E-state index >= 15 is 0 Å². The van der Waals surface area contributed by atoms with Gasteiger partial charge in [0.15, 0.2) is 0 Å². The molecule has 7 nitrogen and oxygen atoms in total. The lowest BCUT2D eigenvalue weighted by Gasteiger charge is -2.19. The summed E-state index contributed by atoms with van der Waals surface area (Å²) in [6, 6.07) is 23.7. The number of hydrogen-bond donors (Lipinski definition) is 1. The number of rotatable bonds is 11. The van der Waals surface area contributed by atoms with E-state index < -0.39 is 10.0 Å². The van der Waals surface area contributed by atoms with Crippen LogP contribution in [-0.2, 0) is 37.2 Å². The first-order chi connectivity index (χ1) is 17.4. The predicted molar refractivity (Wildman–Crippen MR) is 139 cm³/mol. The van der Waals surface area contributed by atoms with Gasteiger partial charge in [-0.15, -0.1) is 0 Å². The maximum absolute atomic E-state index is 13.1. The molecule has 0 aliphatic carbocycles. The monoisotopic (exact) mass is 506 g/mol. The van der Waals surface area contributed by atoms with Crippen LogP contribution >= 0.6 is 0 Å². The van der Waals surface area contributed by atoms with Crippen LogP contribution in [0.4, 0.5) is 11.4 Å². The first-order valence-electron chi connectivity index (χ1n) is 12.1. The second kappa shape index (κ2) is 11.9. The quantitative estimate of drug-likeness (QED) is 0.300. The van der Waals surface area contributed by atoms with Gasteiger partial charge in [0.1, 0.15) is 0 Å². The fourth-order valence-electron chi connectivity index (χ4n) is 4.19. The van der Waals surface area contributed by atoms with Crippen LogP contribution in [0, 0.1) is 0 Å².